The molecule has 0 heterocycles. The SMILES string of the molecule is CN(C)C=Nc1c(Cl)cc(C(C#N)C=O)cc1Cl.[Na+]. The zero-order valence-electron chi connectivity index (χ0n) is 10.9. The molecule has 7 heteroatoms. The quantitative estimate of drug-likeness (QED) is 0.341. The first-order valence-corrected chi connectivity index (χ1v) is 5.79. The maximum absolute atomic E-state index is 10.7. The van der Waals surface area contributed by atoms with Gasteiger partial charge in [-0.05, 0) is 17.7 Å². The van der Waals surface area contributed by atoms with E-state index in [4.69, 9.17) is 28.5 Å². The Hall–Kier alpha value is -0.570. The third kappa shape index (κ3) is 5.13. The second-order valence-electron chi connectivity index (χ2n) is 3.78. The number of hydrogen-bond acceptors (Lipinski definition) is 3. The Bertz CT molecular complexity index is 503. The summed E-state index contributed by atoms with van der Waals surface area (Å²) in [5, 5.41) is 9.41. The number of nitriles is 1. The number of carbonyl (C=O) groups is 1. The molecule has 0 spiro atoms. The van der Waals surface area contributed by atoms with Crippen LogP contribution >= 0.6 is 23.2 Å². The molecule has 0 fully saturated rings. The van der Waals surface area contributed by atoms with E-state index in [1.807, 2.05) is 20.2 Å². The fourth-order valence-corrected chi connectivity index (χ4v) is 1.85. The van der Waals surface area contributed by atoms with E-state index in [0.717, 1.165) is 0 Å². The van der Waals surface area contributed by atoms with Crippen LogP contribution in [0.5, 0.6) is 0 Å². The number of halogens is 2. The third-order valence-corrected chi connectivity index (χ3v) is 2.67. The molecule has 1 unspecified atom stereocenters. The molecule has 0 aliphatic rings. The van der Waals surface area contributed by atoms with Crippen LogP contribution in [0.3, 0.4) is 0 Å². The van der Waals surface area contributed by atoms with Crippen LogP contribution in [0.15, 0.2) is 17.1 Å². The van der Waals surface area contributed by atoms with Crippen molar-refractivity contribution in [2.24, 2.45) is 4.99 Å². The van der Waals surface area contributed by atoms with E-state index in [2.05, 4.69) is 4.99 Å². The topological polar surface area (TPSA) is 56.5 Å². The first kappa shape index (κ1) is 18.4. The average molecular weight is 307 g/mol. The number of rotatable bonds is 4. The number of aliphatic imine (C=N–C) groups is 1. The second-order valence-corrected chi connectivity index (χ2v) is 4.60. The minimum Gasteiger partial charge on any atom is -0.369 e. The minimum atomic E-state index is -0.869. The molecular formula is C12H11Cl2N3NaO+. The van der Waals surface area contributed by atoms with Crippen LogP contribution in [-0.4, -0.2) is 31.6 Å². The van der Waals surface area contributed by atoms with Crippen molar-refractivity contribution < 1.29 is 34.4 Å². The Morgan fingerprint density at radius 2 is 1.89 bits per heavy atom. The third-order valence-electron chi connectivity index (χ3n) is 2.09. The van der Waals surface area contributed by atoms with E-state index >= 15 is 0 Å². The summed E-state index contributed by atoms with van der Waals surface area (Å²) in [5.41, 5.74) is 0.879. The normalized spacial score (nSPS) is 11.5. The zero-order valence-corrected chi connectivity index (χ0v) is 14.4. The van der Waals surface area contributed by atoms with Gasteiger partial charge in [0.15, 0.2) is 0 Å². The molecule has 1 rings (SSSR count). The molecule has 1 atom stereocenters. The van der Waals surface area contributed by atoms with E-state index in [-0.39, 0.29) is 29.6 Å². The van der Waals surface area contributed by atoms with Gasteiger partial charge in [-0.3, -0.25) is 0 Å². The average Bonchev–Trinajstić information content (AvgIpc) is 2.29. The van der Waals surface area contributed by atoms with Gasteiger partial charge in [-0.1, -0.05) is 23.2 Å². The van der Waals surface area contributed by atoms with Crippen LogP contribution in [0, 0.1) is 11.3 Å². The van der Waals surface area contributed by atoms with E-state index in [1.165, 1.54) is 12.1 Å². The Morgan fingerprint density at radius 1 is 1.37 bits per heavy atom. The number of aldehydes is 1. The van der Waals surface area contributed by atoms with E-state index in [9.17, 15) is 4.79 Å². The Balaban J connectivity index is 0.00000324. The van der Waals surface area contributed by atoms with Crippen LogP contribution < -0.4 is 29.6 Å². The molecule has 1 aromatic carbocycles. The van der Waals surface area contributed by atoms with Crippen molar-refractivity contribution in [1.82, 2.24) is 4.90 Å². The van der Waals surface area contributed by atoms with Gasteiger partial charge < -0.3 is 9.69 Å². The van der Waals surface area contributed by atoms with Gasteiger partial charge in [-0.25, -0.2) is 4.99 Å². The summed E-state index contributed by atoms with van der Waals surface area (Å²) in [6.45, 7) is 0. The molecule has 94 valence electrons. The fourth-order valence-electron chi connectivity index (χ4n) is 1.24. The molecule has 19 heavy (non-hydrogen) atoms. The summed E-state index contributed by atoms with van der Waals surface area (Å²) in [4.78, 5) is 16.6. The Morgan fingerprint density at radius 3 is 2.26 bits per heavy atom. The predicted octanol–water partition coefficient (Wildman–Crippen LogP) is 0.0249. The molecule has 1 aromatic rings. The molecule has 0 aromatic heterocycles. The molecule has 0 radical (unpaired) electrons. The molecule has 0 aliphatic heterocycles. The summed E-state index contributed by atoms with van der Waals surface area (Å²) >= 11 is 12.1. The van der Waals surface area contributed by atoms with E-state index < -0.39 is 5.92 Å². The molecular weight excluding hydrogens is 296 g/mol. The standard InChI is InChI=1S/C12H11Cl2N3O.Na/c1-17(2)7-16-12-10(13)3-8(4-11(12)14)9(5-15)6-18;/h3-4,6-7,9H,1-2H3;/q;+1. The van der Waals surface area contributed by atoms with Crippen molar-refractivity contribution >= 4 is 41.5 Å². The van der Waals surface area contributed by atoms with E-state index in [0.29, 0.717) is 27.6 Å². The van der Waals surface area contributed by atoms with Crippen molar-refractivity contribution in [3.05, 3.63) is 27.7 Å². The molecule has 0 N–H and O–H groups in total. The monoisotopic (exact) mass is 306 g/mol. The maximum Gasteiger partial charge on any atom is 1.00 e. The minimum absolute atomic E-state index is 0. The van der Waals surface area contributed by atoms with Crippen LogP contribution in [-0.2, 0) is 4.79 Å². The first-order chi connectivity index (χ1) is 8.49. The van der Waals surface area contributed by atoms with Gasteiger partial charge in [0.2, 0.25) is 0 Å². The van der Waals surface area contributed by atoms with Crippen molar-refractivity contribution in [3.8, 4) is 6.07 Å². The zero-order chi connectivity index (χ0) is 13.7. The summed E-state index contributed by atoms with van der Waals surface area (Å²) in [6, 6.07) is 4.91. The van der Waals surface area contributed by atoms with Gasteiger partial charge in [-0.15, -0.1) is 0 Å². The molecule has 0 amide bonds. The van der Waals surface area contributed by atoms with Gasteiger partial charge in [0.25, 0.3) is 0 Å². The largest absolute Gasteiger partial charge is 1.00 e. The predicted molar refractivity (Wildman–Crippen MR) is 72.7 cm³/mol. The second kappa shape index (κ2) is 8.57. The number of benzene rings is 1. The van der Waals surface area contributed by atoms with Crippen LogP contribution in [0.4, 0.5) is 5.69 Å². The molecule has 4 nitrogen and oxygen atoms in total. The maximum atomic E-state index is 10.7. The molecule has 0 saturated carbocycles. The van der Waals surface area contributed by atoms with Crippen LogP contribution in [0.2, 0.25) is 10.0 Å². The van der Waals surface area contributed by atoms with Gasteiger partial charge in [0, 0.05) is 14.1 Å². The van der Waals surface area contributed by atoms with Crippen molar-refractivity contribution in [3.63, 3.8) is 0 Å². The van der Waals surface area contributed by atoms with Gasteiger partial charge in [0.05, 0.1) is 22.5 Å². The Labute approximate surface area is 144 Å². The van der Waals surface area contributed by atoms with Gasteiger partial charge in [-0.2, -0.15) is 5.26 Å². The van der Waals surface area contributed by atoms with Crippen LogP contribution in [0.25, 0.3) is 0 Å². The van der Waals surface area contributed by atoms with Crippen molar-refractivity contribution in [2.45, 2.75) is 5.92 Å². The van der Waals surface area contributed by atoms with Gasteiger partial charge >= 0.3 is 29.6 Å². The smallest absolute Gasteiger partial charge is 0.369 e. The molecule has 0 bridgehead atoms. The summed E-state index contributed by atoms with van der Waals surface area (Å²) in [7, 11) is 3.63. The number of nitrogens with zero attached hydrogens (tertiary/aromatic N) is 3. The summed E-state index contributed by atoms with van der Waals surface area (Å²) in [6.07, 6.45) is 2.11. The fraction of sp³-hybridized carbons (Fsp3) is 0.250. The number of carbonyl (C=O) groups excluding carboxylic acids is 1. The summed E-state index contributed by atoms with van der Waals surface area (Å²) < 4.78 is 0. The first-order valence-electron chi connectivity index (χ1n) is 5.04. The molecule has 0 saturated heterocycles. The number of hydrogen-bond donors (Lipinski definition) is 0. The van der Waals surface area contributed by atoms with E-state index in [1.54, 1.807) is 11.2 Å². The van der Waals surface area contributed by atoms with Crippen molar-refractivity contribution in [1.29, 1.82) is 5.26 Å². The molecule has 0 aliphatic carbocycles. The van der Waals surface area contributed by atoms with Gasteiger partial charge in [0.1, 0.15) is 17.9 Å². The van der Waals surface area contributed by atoms with Crippen molar-refractivity contribution in [2.75, 3.05) is 14.1 Å². The Kier molecular flexibility index (Phi) is 8.31. The summed E-state index contributed by atoms with van der Waals surface area (Å²) in [5.74, 6) is -0.869. The van der Waals surface area contributed by atoms with Crippen LogP contribution in [0.1, 0.15) is 11.5 Å².